The van der Waals surface area contributed by atoms with E-state index in [1.807, 2.05) is 12.1 Å². The second-order valence-electron chi connectivity index (χ2n) is 3.75. The van der Waals surface area contributed by atoms with Crippen LogP contribution >= 0.6 is 34.2 Å². The van der Waals surface area contributed by atoms with E-state index in [0.29, 0.717) is 14.9 Å². The van der Waals surface area contributed by atoms with E-state index in [1.54, 1.807) is 6.20 Å². The molecule has 0 saturated carbocycles. The fraction of sp³-hybridized carbons (Fsp3) is 0.545. The summed E-state index contributed by atoms with van der Waals surface area (Å²) in [5, 5.41) is 0.703. The highest BCUT2D eigenvalue weighted by atomic mass is 127. The third-order valence-corrected chi connectivity index (χ3v) is 4.59. The number of halogens is 2. The van der Waals surface area contributed by atoms with E-state index in [0.717, 1.165) is 31.7 Å². The SMILES string of the molecule is Clc1ccc(C(I)C2CCOCC2)nc1. The standard InChI is InChI=1S/C11H13ClINO/c12-9-1-2-10(14-7-9)11(13)8-3-5-15-6-4-8/h1-2,7-8,11H,3-6H2. The van der Waals surface area contributed by atoms with Crippen LogP contribution in [-0.2, 0) is 4.74 Å². The zero-order chi connectivity index (χ0) is 10.7. The molecule has 2 heterocycles. The number of aromatic nitrogens is 1. The van der Waals surface area contributed by atoms with Crippen LogP contribution in [0.4, 0.5) is 0 Å². The number of alkyl halides is 1. The number of ether oxygens (including phenoxy) is 1. The van der Waals surface area contributed by atoms with Gasteiger partial charge in [-0.05, 0) is 30.9 Å². The third-order valence-electron chi connectivity index (χ3n) is 2.71. The van der Waals surface area contributed by atoms with Gasteiger partial charge in [-0.25, -0.2) is 0 Å². The molecule has 15 heavy (non-hydrogen) atoms. The van der Waals surface area contributed by atoms with Gasteiger partial charge in [0.1, 0.15) is 0 Å². The maximum Gasteiger partial charge on any atom is 0.0589 e. The topological polar surface area (TPSA) is 22.1 Å². The van der Waals surface area contributed by atoms with Gasteiger partial charge in [-0.2, -0.15) is 0 Å². The van der Waals surface area contributed by atoms with Crippen molar-refractivity contribution in [1.29, 1.82) is 0 Å². The van der Waals surface area contributed by atoms with Crippen molar-refractivity contribution >= 4 is 34.2 Å². The van der Waals surface area contributed by atoms with Crippen molar-refractivity contribution in [3.63, 3.8) is 0 Å². The van der Waals surface area contributed by atoms with Gasteiger partial charge >= 0.3 is 0 Å². The molecular formula is C11H13ClINO. The Morgan fingerprint density at radius 2 is 2.13 bits per heavy atom. The Labute approximate surface area is 109 Å². The summed E-state index contributed by atoms with van der Waals surface area (Å²) in [6.45, 7) is 1.77. The Morgan fingerprint density at radius 1 is 1.40 bits per heavy atom. The van der Waals surface area contributed by atoms with Crippen molar-refractivity contribution in [2.24, 2.45) is 5.92 Å². The van der Waals surface area contributed by atoms with Crippen LogP contribution in [0.1, 0.15) is 22.5 Å². The third kappa shape index (κ3) is 3.04. The minimum absolute atomic E-state index is 0.476. The molecule has 82 valence electrons. The number of rotatable bonds is 2. The summed E-state index contributed by atoms with van der Waals surface area (Å²) < 4.78 is 5.84. The van der Waals surface area contributed by atoms with Gasteiger partial charge in [0.05, 0.1) is 14.6 Å². The zero-order valence-corrected chi connectivity index (χ0v) is 11.2. The Kier molecular flexibility index (Phi) is 4.22. The van der Waals surface area contributed by atoms with E-state index in [-0.39, 0.29) is 0 Å². The molecule has 0 amide bonds. The lowest BCUT2D eigenvalue weighted by atomic mass is 9.95. The van der Waals surface area contributed by atoms with Crippen LogP contribution < -0.4 is 0 Å². The predicted octanol–water partition coefficient (Wildman–Crippen LogP) is 3.64. The summed E-state index contributed by atoms with van der Waals surface area (Å²) >= 11 is 8.29. The fourth-order valence-electron chi connectivity index (χ4n) is 1.80. The van der Waals surface area contributed by atoms with Gasteiger partial charge < -0.3 is 4.74 Å². The van der Waals surface area contributed by atoms with Gasteiger partial charge in [-0.15, -0.1) is 0 Å². The first-order chi connectivity index (χ1) is 7.27. The van der Waals surface area contributed by atoms with Crippen LogP contribution in [0.15, 0.2) is 18.3 Å². The van der Waals surface area contributed by atoms with Crippen LogP contribution in [0.25, 0.3) is 0 Å². The van der Waals surface area contributed by atoms with Crippen LogP contribution in [0.3, 0.4) is 0 Å². The van der Waals surface area contributed by atoms with Gasteiger partial charge in [-0.3, -0.25) is 4.98 Å². The summed E-state index contributed by atoms with van der Waals surface area (Å²) in [5.41, 5.74) is 1.13. The lowest BCUT2D eigenvalue weighted by Crippen LogP contribution is -2.19. The monoisotopic (exact) mass is 337 g/mol. The van der Waals surface area contributed by atoms with E-state index in [9.17, 15) is 0 Å². The van der Waals surface area contributed by atoms with Gasteiger partial charge in [0.2, 0.25) is 0 Å². The predicted molar refractivity (Wildman–Crippen MR) is 69.6 cm³/mol. The molecule has 4 heteroatoms. The molecule has 1 fully saturated rings. The molecule has 2 nitrogen and oxygen atoms in total. The molecule has 1 unspecified atom stereocenters. The van der Waals surface area contributed by atoms with Crippen molar-refractivity contribution in [2.45, 2.75) is 16.8 Å². The summed E-state index contributed by atoms with van der Waals surface area (Å²) in [5.74, 6) is 0.688. The Balaban J connectivity index is 2.05. The molecule has 1 aromatic heterocycles. The molecule has 1 aliphatic heterocycles. The molecule has 1 saturated heterocycles. The van der Waals surface area contributed by atoms with Gasteiger partial charge in [0, 0.05) is 19.4 Å². The smallest absolute Gasteiger partial charge is 0.0589 e. The molecule has 0 spiro atoms. The number of pyridine rings is 1. The van der Waals surface area contributed by atoms with Gasteiger partial charge in [-0.1, -0.05) is 34.2 Å². The maximum atomic E-state index is 5.82. The van der Waals surface area contributed by atoms with Crippen molar-refractivity contribution < 1.29 is 4.74 Å². The first-order valence-electron chi connectivity index (χ1n) is 5.10. The average Bonchev–Trinajstić information content (AvgIpc) is 2.30. The van der Waals surface area contributed by atoms with E-state index in [1.165, 1.54) is 0 Å². The Bertz CT molecular complexity index is 311. The van der Waals surface area contributed by atoms with Crippen LogP contribution in [0.2, 0.25) is 5.02 Å². The number of nitrogens with zero attached hydrogens (tertiary/aromatic N) is 1. The highest BCUT2D eigenvalue weighted by Gasteiger charge is 2.23. The summed E-state index contributed by atoms with van der Waals surface area (Å²) in [6, 6.07) is 3.93. The zero-order valence-electron chi connectivity index (χ0n) is 8.33. The maximum absolute atomic E-state index is 5.82. The first-order valence-corrected chi connectivity index (χ1v) is 6.73. The van der Waals surface area contributed by atoms with Gasteiger partial charge in [0.15, 0.2) is 0 Å². The minimum Gasteiger partial charge on any atom is -0.381 e. The molecule has 0 N–H and O–H groups in total. The lowest BCUT2D eigenvalue weighted by molar-refractivity contribution is 0.0666. The van der Waals surface area contributed by atoms with E-state index in [2.05, 4.69) is 27.6 Å². The summed E-state index contributed by atoms with van der Waals surface area (Å²) in [6.07, 6.45) is 4.00. The fourth-order valence-corrected chi connectivity index (χ4v) is 3.00. The van der Waals surface area contributed by atoms with Crippen LogP contribution in [0.5, 0.6) is 0 Å². The first kappa shape index (κ1) is 11.6. The molecular weight excluding hydrogens is 324 g/mol. The summed E-state index contributed by atoms with van der Waals surface area (Å²) in [7, 11) is 0. The highest BCUT2D eigenvalue weighted by molar-refractivity contribution is 14.1. The molecule has 1 atom stereocenters. The van der Waals surface area contributed by atoms with E-state index in [4.69, 9.17) is 16.3 Å². The number of hydrogen-bond acceptors (Lipinski definition) is 2. The molecule has 0 aromatic carbocycles. The highest BCUT2D eigenvalue weighted by Crippen LogP contribution is 2.36. The quantitative estimate of drug-likeness (QED) is 0.607. The molecule has 0 radical (unpaired) electrons. The Morgan fingerprint density at radius 3 is 2.73 bits per heavy atom. The molecule has 0 bridgehead atoms. The second-order valence-corrected chi connectivity index (χ2v) is 5.53. The molecule has 1 aliphatic rings. The largest absolute Gasteiger partial charge is 0.381 e. The Hall–Kier alpha value is 0.130. The minimum atomic E-state index is 0.476. The van der Waals surface area contributed by atoms with Crippen molar-refractivity contribution in [1.82, 2.24) is 4.98 Å². The van der Waals surface area contributed by atoms with Crippen molar-refractivity contribution in [3.8, 4) is 0 Å². The second kappa shape index (κ2) is 5.46. The van der Waals surface area contributed by atoms with Crippen molar-refractivity contribution in [2.75, 3.05) is 13.2 Å². The van der Waals surface area contributed by atoms with Crippen LogP contribution in [-0.4, -0.2) is 18.2 Å². The average molecular weight is 338 g/mol. The van der Waals surface area contributed by atoms with Crippen molar-refractivity contribution in [3.05, 3.63) is 29.0 Å². The lowest BCUT2D eigenvalue weighted by Gasteiger charge is -2.26. The van der Waals surface area contributed by atoms with Gasteiger partial charge in [0.25, 0.3) is 0 Å². The summed E-state index contributed by atoms with van der Waals surface area (Å²) in [4.78, 5) is 4.37. The molecule has 2 rings (SSSR count). The normalized spacial score (nSPS) is 20.1. The van der Waals surface area contributed by atoms with E-state index >= 15 is 0 Å². The number of hydrogen-bond donors (Lipinski definition) is 0. The molecule has 0 aliphatic carbocycles. The van der Waals surface area contributed by atoms with Crippen LogP contribution in [0, 0.1) is 5.92 Å². The van der Waals surface area contributed by atoms with E-state index < -0.39 is 0 Å². The molecule has 1 aromatic rings.